The number of nitrogens with zero attached hydrogens (tertiary/aromatic N) is 1. The van der Waals surface area contributed by atoms with Gasteiger partial charge in [-0.1, -0.05) is 53.7 Å². The molecule has 2 rings (SSSR count). The van der Waals surface area contributed by atoms with Gasteiger partial charge >= 0.3 is 0 Å². The van der Waals surface area contributed by atoms with Gasteiger partial charge in [0, 0.05) is 0 Å². The van der Waals surface area contributed by atoms with Crippen molar-refractivity contribution in [1.82, 2.24) is 0 Å². The molecule has 0 bridgehead atoms. The number of hydrogen-bond acceptors (Lipinski definition) is 2. The largest absolute Gasteiger partial charge is 0.411 e. The van der Waals surface area contributed by atoms with Crippen molar-refractivity contribution < 1.29 is 5.21 Å². The quantitative estimate of drug-likeness (QED) is 0.600. The first-order valence-electron chi connectivity index (χ1n) is 6.04. The van der Waals surface area contributed by atoms with Crippen LogP contribution in [0, 0.1) is 0 Å². The maximum Gasteiger partial charge on any atom is 0.0827 e. The van der Waals surface area contributed by atoms with Crippen molar-refractivity contribution in [3.05, 3.63) is 53.6 Å². The zero-order valence-corrected chi connectivity index (χ0v) is 9.84. The number of hydrogen-bond donors (Lipinski definition) is 1. The molecule has 1 saturated carbocycles. The summed E-state index contributed by atoms with van der Waals surface area (Å²) in [5.41, 5.74) is 3.18. The Kier molecular flexibility index (Phi) is 4.14. The molecule has 1 aliphatic rings. The minimum absolute atomic E-state index is 0.842. The van der Waals surface area contributed by atoms with Crippen molar-refractivity contribution in [2.45, 2.75) is 25.7 Å². The van der Waals surface area contributed by atoms with Gasteiger partial charge in [0.2, 0.25) is 0 Å². The van der Waals surface area contributed by atoms with E-state index in [0.717, 1.165) is 30.5 Å². The van der Waals surface area contributed by atoms with Crippen molar-refractivity contribution in [2.24, 2.45) is 5.16 Å². The number of oxime groups is 1. The monoisotopic (exact) mass is 227 g/mol. The zero-order valence-electron chi connectivity index (χ0n) is 9.84. The van der Waals surface area contributed by atoms with E-state index in [2.05, 4.69) is 29.4 Å². The summed E-state index contributed by atoms with van der Waals surface area (Å²) in [5.74, 6) is 0. The molecule has 0 unspecified atom stereocenters. The van der Waals surface area contributed by atoms with Gasteiger partial charge in [0.1, 0.15) is 0 Å². The molecule has 0 amide bonds. The van der Waals surface area contributed by atoms with E-state index in [1.54, 1.807) is 0 Å². The highest BCUT2D eigenvalue weighted by Gasteiger charge is 2.12. The van der Waals surface area contributed by atoms with Crippen LogP contribution in [0.5, 0.6) is 0 Å². The minimum atomic E-state index is 0.842. The Hall–Kier alpha value is -1.83. The Morgan fingerprint density at radius 1 is 1.06 bits per heavy atom. The van der Waals surface area contributed by atoms with Crippen LogP contribution >= 0.6 is 0 Å². The third kappa shape index (κ3) is 3.31. The molecule has 0 heterocycles. The second-order valence-corrected chi connectivity index (χ2v) is 4.22. The molecule has 1 aromatic rings. The molecule has 1 aliphatic carbocycles. The smallest absolute Gasteiger partial charge is 0.0827 e. The Balaban J connectivity index is 2.07. The summed E-state index contributed by atoms with van der Waals surface area (Å²) in [5, 5.41) is 12.3. The van der Waals surface area contributed by atoms with Crippen LogP contribution in [0.2, 0.25) is 0 Å². The van der Waals surface area contributed by atoms with Gasteiger partial charge in [0.05, 0.1) is 5.71 Å². The van der Waals surface area contributed by atoms with E-state index < -0.39 is 0 Å². The molecule has 0 aliphatic heterocycles. The lowest BCUT2D eigenvalue weighted by Gasteiger charge is -2.14. The van der Waals surface area contributed by atoms with Crippen LogP contribution in [0.4, 0.5) is 0 Å². The predicted molar refractivity (Wildman–Crippen MR) is 71.2 cm³/mol. The lowest BCUT2D eigenvalue weighted by molar-refractivity contribution is 0.316. The summed E-state index contributed by atoms with van der Waals surface area (Å²) in [7, 11) is 0. The van der Waals surface area contributed by atoms with Crippen LogP contribution in [0.25, 0.3) is 6.08 Å². The Morgan fingerprint density at radius 3 is 2.59 bits per heavy atom. The first-order chi connectivity index (χ1) is 8.40. The van der Waals surface area contributed by atoms with Crippen LogP contribution in [0.15, 0.2) is 53.2 Å². The van der Waals surface area contributed by atoms with Gasteiger partial charge < -0.3 is 5.21 Å². The maximum atomic E-state index is 8.90. The van der Waals surface area contributed by atoms with E-state index in [9.17, 15) is 0 Å². The third-order valence-corrected chi connectivity index (χ3v) is 2.99. The molecule has 1 aromatic carbocycles. The third-order valence-electron chi connectivity index (χ3n) is 2.99. The van der Waals surface area contributed by atoms with E-state index >= 15 is 0 Å². The number of allylic oxidation sites excluding steroid dienone is 3. The van der Waals surface area contributed by atoms with Gasteiger partial charge in [0.15, 0.2) is 0 Å². The van der Waals surface area contributed by atoms with E-state index in [-0.39, 0.29) is 0 Å². The molecule has 0 radical (unpaired) electrons. The fourth-order valence-electron chi connectivity index (χ4n) is 2.05. The topological polar surface area (TPSA) is 32.6 Å². The molecule has 1 N–H and O–H groups in total. The number of rotatable bonds is 2. The van der Waals surface area contributed by atoms with Crippen molar-refractivity contribution >= 4 is 11.8 Å². The van der Waals surface area contributed by atoms with Crippen molar-refractivity contribution in [3.8, 4) is 0 Å². The van der Waals surface area contributed by atoms with Gasteiger partial charge in [0.25, 0.3) is 0 Å². The zero-order chi connectivity index (χ0) is 11.9. The highest BCUT2D eigenvalue weighted by Crippen LogP contribution is 2.21. The van der Waals surface area contributed by atoms with Gasteiger partial charge in [-0.25, -0.2) is 0 Å². The van der Waals surface area contributed by atoms with E-state index in [1.807, 2.05) is 24.3 Å². The number of benzene rings is 1. The SMILES string of the molecule is O/N=C1/CCCC/C1=C/C=Cc1ccccc1. The van der Waals surface area contributed by atoms with Crippen LogP contribution in [0.1, 0.15) is 31.2 Å². The maximum absolute atomic E-state index is 8.90. The predicted octanol–water partition coefficient (Wildman–Crippen LogP) is 4.03. The summed E-state index contributed by atoms with van der Waals surface area (Å²) in [6, 6.07) is 10.2. The second-order valence-electron chi connectivity index (χ2n) is 4.22. The van der Waals surface area contributed by atoms with Crippen molar-refractivity contribution in [3.63, 3.8) is 0 Å². The van der Waals surface area contributed by atoms with Crippen molar-refractivity contribution in [1.29, 1.82) is 0 Å². The normalized spacial score (nSPS) is 21.4. The Morgan fingerprint density at radius 2 is 1.82 bits per heavy atom. The average Bonchev–Trinajstić information content (AvgIpc) is 2.40. The molecule has 17 heavy (non-hydrogen) atoms. The van der Waals surface area contributed by atoms with Crippen LogP contribution in [-0.2, 0) is 0 Å². The summed E-state index contributed by atoms with van der Waals surface area (Å²) >= 11 is 0. The van der Waals surface area contributed by atoms with Gasteiger partial charge in [-0.3, -0.25) is 0 Å². The molecule has 0 atom stereocenters. The van der Waals surface area contributed by atoms with Gasteiger partial charge in [-0.05, 0) is 36.8 Å². The summed E-state index contributed by atoms with van der Waals surface area (Å²) in [6.07, 6.45) is 10.4. The lowest BCUT2D eigenvalue weighted by atomic mass is 9.92. The molecule has 88 valence electrons. The first-order valence-corrected chi connectivity index (χ1v) is 6.04. The molecular formula is C15H17NO. The molecule has 0 spiro atoms. The standard InChI is InChI=1S/C15H17NO/c17-16-15-12-5-4-10-14(15)11-6-9-13-7-2-1-3-8-13/h1-3,6-9,11,17H,4-5,10,12H2/b9-6?,14-11-,16-15-. The van der Waals surface area contributed by atoms with Crippen LogP contribution < -0.4 is 0 Å². The van der Waals surface area contributed by atoms with Gasteiger partial charge in [-0.15, -0.1) is 0 Å². The van der Waals surface area contributed by atoms with Gasteiger partial charge in [-0.2, -0.15) is 0 Å². The minimum Gasteiger partial charge on any atom is -0.411 e. The molecule has 2 heteroatoms. The van der Waals surface area contributed by atoms with Crippen LogP contribution in [-0.4, -0.2) is 10.9 Å². The fourth-order valence-corrected chi connectivity index (χ4v) is 2.05. The first kappa shape index (κ1) is 11.6. The summed E-state index contributed by atoms with van der Waals surface area (Å²) < 4.78 is 0. The highest BCUT2D eigenvalue weighted by molar-refractivity contribution is 6.00. The summed E-state index contributed by atoms with van der Waals surface area (Å²) in [4.78, 5) is 0. The van der Waals surface area contributed by atoms with Crippen LogP contribution in [0.3, 0.4) is 0 Å². The molecular weight excluding hydrogens is 210 g/mol. The Labute approximate surface area is 102 Å². The summed E-state index contributed by atoms with van der Waals surface area (Å²) in [6.45, 7) is 0. The molecule has 2 nitrogen and oxygen atoms in total. The fraction of sp³-hybridized carbons (Fsp3) is 0.267. The van der Waals surface area contributed by atoms with Crippen molar-refractivity contribution in [2.75, 3.05) is 0 Å². The molecule has 1 fully saturated rings. The average molecular weight is 227 g/mol. The van der Waals surface area contributed by atoms with E-state index in [1.165, 1.54) is 12.0 Å². The lowest BCUT2D eigenvalue weighted by Crippen LogP contribution is -2.08. The molecule has 0 saturated heterocycles. The highest BCUT2D eigenvalue weighted by atomic mass is 16.4. The van der Waals surface area contributed by atoms with E-state index in [4.69, 9.17) is 5.21 Å². The van der Waals surface area contributed by atoms with E-state index in [0.29, 0.717) is 0 Å². The molecule has 0 aromatic heterocycles. The second kappa shape index (κ2) is 6.04. The Bertz CT molecular complexity index is 443.